The molecule has 0 radical (unpaired) electrons. The van der Waals surface area contributed by atoms with Gasteiger partial charge in [0.05, 0.1) is 21.9 Å². The number of rotatable bonds is 1. The zero-order chi connectivity index (χ0) is 17.0. The summed E-state index contributed by atoms with van der Waals surface area (Å²) in [5.41, 5.74) is 2.85. The molecule has 120 valence electrons. The van der Waals surface area contributed by atoms with Gasteiger partial charge in [-0.1, -0.05) is 12.1 Å². The SMILES string of the molecule is O=c1c2cnc3nc4ccccc4n3c2ccn1-c1ccc(F)cc1. The molecule has 0 N–H and O–H groups in total. The van der Waals surface area contributed by atoms with Crippen molar-refractivity contribution < 1.29 is 4.39 Å². The third-order valence-electron chi connectivity index (χ3n) is 4.30. The Morgan fingerprint density at radius 1 is 0.920 bits per heavy atom. The van der Waals surface area contributed by atoms with Crippen molar-refractivity contribution >= 4 is 27.7 Å². The van der Waals surface area contributed by atoms with Gasteiger partial charge in [-0.25, -0.2) is 14.4 Å². The molecule has 0 fully saturated rings. The Balaban J connectivity index is 1.87. The van der Waals surface area contributed by atoms with Crippen LogP contribution in [0.25, 0.3) is 33.4 Å². The van der Waals surface area contributed by atoms with Gasteiger partial charge in [0.1, 0.15) is 5.82 Å². The van der Waals surface area contributed by atoms with Crippen molar-refractivity contribution in [3.05, 3.63) is 83.2 Å². The number of hydrogen-bond acceptors (Lipinski definition) is 3. The molecule has 6 heteroatoms. The fourth-order valence-electron chi connectivity index (χ4n) is 3.12. The second-order valence-electron chi connectivity index (χ2n) is 5.76. The van der Waals surface area contributed by atoms with Crippen LogP contribution < -0.4 is 5.56 Å². The molecule has 25 heavy (non-hydrogen) atoms. The first-order valence-corrected chi connectivity index (χ1v) is 7.76. The first-order chi connectivity index (χ1) is 12.2. The van der Waals surface area contributed by atoms with E-state index in [2.05, 4.69) is 9.97 Å². The van der Waals surface area contributed by atoms with Gasteiger partial charge in [0.2, 0.25) is 5.78 Å². The van der Waals surface area contributed by atoms with Crippen LogP contribution in [0.1, 0.15) is 0 Å². The highest BCUT2D eigenvalue weighted by molar-refractivity contribution is 5.88. The third kappa shape index (κ3) is 1.97. The Bertz CT molecular complexity index is 1320. The lowest BCUT2D eigenvalue weighted by Gasteiger charge is -2.08. The van der Waals surface area contributed by atoms with Crippen molar-refractivity contribution in [3.8, 4) is 5.69 Å². The van der Waals surface area contributed by atoms with Gasteiger partial charge in [0, 0.05) is 18.1 Å². The number of halogens is 1. The Kier molecular flexibility index (Phi) is 2.76. The predicted molar refractivity (Wildman–Crippen MR) is 93.6 cm³/mol. The molecule has 0 aliphatic carbocycles. The summed E-state index contributed by atoms with van der Waals surface area (Å²) in [7, 11) is 0. The maximum Gasteiger partial charge on any atom is 0.266 e. The van der Waals surface area contributed by atoms with Crippen LogP contribution in [0, 0.1) is 5.82 Å². The lowest BCUT2D eigenvalue weighted by Crippen LogP contribution is -2.18. The summed E-state index contributed by atoms with van der Waals surface area (Å²) >= 11 is 0. The average molecular weight is 330 g/mol. The monoisotopic (exact) mass is 330 g/mol. The van der Waals surface area contributed by atoms with Crippen LogP contribution >= 0.6 is 0 Å². The van der Waals surface area contributed by atoms with Gasteiger partial charge >= 0.3 is 0 Å². The molecule has 3 aromatic heterocycles. The van der Waals surface area contributed by atoms with E-state index in [0.29, 0.717) is 16.9 Å². The minimum absolute atomic E-state index is 0.212. The molecule has 5 rings (SSSR count). The van der Waals surface area contributed by atoms with E-state index in [1.165, 1.54) is 16.7 Å². The predicted octanol–water partition coefficient (Wildman–Crippen LogP) is 3.33. The molecule has 5 aromatic rings. The summed E-state index contributed by atoms with van der Waals surface area (Å²) in [6.07, 6.45) is 3.23. The molecule has 0 atom stereocenters. The molecule has 0 aliphatic rings. The van der Waals surface area contributed by atoms with E-state index in [4.69, 9.17) is 0 Å². The Hall–Kier alpha value is -3.54. The molecule has 0 saturated carbocycles. The van der Waals surface area contributed by atoms with E-state index >= 15 is 0 Å². The standard InChI is InChI=1S/C19H11FN4O/c20-12-5-7-13(8-6-12)23-10-9-16-14(18(23)25)11-21-19-22-15-3-1-2-4-17(15)24(16)19/h1-11H. The van der Waals surface area contributed by atoms with E-state index in [0.717, 1.165) is 16.6 Å². The van der Waals surface area contributed by atoms with Gasteiger partial charge in [-0.15, -0.1) is 0 Å². The van der Waals surface area contributed by atoms with E-state index < -0.39 is 0 Å². The maximum atomic E-state index is 13.1. The van der Waals surface area contributed by atoms with Crippen LogP contribution in [0.4, 0.5) is 4.39 Å². The summed E-state index contributed by atoms with van der Waals surface area (Å²) in [5, 5.41) is 0.475. The van der Waals surface area contributed by atoms with E-state index in [1.54, 1.807) is 24.5 Å². The summed E-state index contributed by atoms with van der Waals surface area (Å²) < 4.78 is 16.5. The number of imidazole rings is 1. The lowest BCUT2D eigenvalue weighted by atomic mass is 10.2. The van der Waals surface area contributed by atoms with Gasteiger partial charge in [-0.3, -0.25) is 13.8 Å². The normalized spacial score (nSPS) is 11.6. The summed E-state index contributed by atoms with van der Waals surface area (Å²) in [6.45, 7) is 0. The van der Waals surface area contributed by atoms with Gasteiger partial charge in [-0.05, 0) is 42.5 Å². The first-order valence-electron chi connectivity index (χ1n) is 7.76. The van der Waals surface area contributed by atoms with Crippen molar-refractivity contribution in [2.75, 3.05) is 0 Å². The highest BCUT2D eigenvalue weighted by atomic mass is 19.1. The van der Waals surface area contributed by atoms with E-state index in [-0.39, 0.29) is 11.4 Å². The van der Waals surface area contributed by atoms with Crippen molar-refractivity contribution in [1.82, 2.24) is 18.9 Å². The quantitative estimate of drug-likeness (QED) is 0.474. The van der Waals surface area contributed by atoms with Crippen molar-refractivity contribution in [2.24, 2.45) is 0 Å². The van der Waals surface area contributed by atoms with Crippen molar-refractivity contribution in [3.63, 3.8) is 0 Å². The third-order valence-corrected chi connectivity index (χ3v) is 4.30. The summed E-state index contributed by atoms with van der Waals surface area (Å²) in [6, 6.07) is 15.4. The number of pyridine rings is 1. The number of fused-ring (bicyclic) bond motifs is 5. The highest BCUT2D eigenvalue weighted by Gasteiger charge is 2.12. The Morgan fingerprint density at radius 2 is 1.72 bits per heavy atom. The number of para-hydroxylation sites is 2. The molecule has 0 amide bonds. The van der Waals surface area contributed by atoms with Crippen LogP contribution in [0.5, 0.6) is 0 Å². The molecule has 0 bridgehead atoms. The first kappa shape index (κ1) is 13.9. The zero-order valence-corrected chi connectivity index (χ0v) is 12.9. The second kappa shape index (κ2) is 4.98. The van der Waals surface area contributed by atoms with Crippen LogP contribution in [0.3, 0.4) is 0 Å². The van der Waals surface area contributed by atoms with E-state index in [1.807, 2.05) is 34.7 Å². The molecule has 2 aromatic carbocycles. The Labute approximate surface area is 140 Å². The van der Waals surface area contributed by atoms with Gasteiger partial charge in [0.15, 0.2) is 0 Å². The van der Waals surface area contributed by atoms with Crippen LogP contribution in [0.15, 0.2) is 71.8 Å². The van der Waals surface area contributed by atoms with Crippen LogP contribution in [-0.4, -0.2) is 18.9 Å². The fraction of sp³-hybridized carbons (Fsp3) is 0. The minimum atomic E-state index is -0.342. The fourth-order valence-corrected chi connectivity index (χ4v) is 3.12. The highest BCUT2D eigenvalue weighted by Crippen LogP contribution is 2.20. The van der Waals surface area contributed by atoms with E-state index in [9.17, 15) is 9.18 Å². The van der Waals surface area contributed by atoms with Gasteiger partial charge < -0.3 is 0 Å². The molecular weight excluding hydrogens is 319 g/mol. The molecule has 0 spiro atoms. The lowest BCUT2D eigenvalue weighted by molar-refractivity contribution is 0.627. The molecule has 0 aliphatic heterocycles. The largest absolute Gasteiger partial charge is 0.284 e. The number of aromatic nitrogens is 4. The second-order valence-corrected chi connectivity index (χ2v) is 5.76. The average Bonchev–Trinajstić information content (AvgIpc) is 3.02. The van der Waals surface area contributed by atoms with Gasteiger partial charge in [0.25, 0.3) is 5.56 Å². The maximum absolute atomic E-state index is 13.1. The molecule has 0 unspecified atom stereocenters. The molecule has 0 saturated heterocycles. The molecule has 3 heterocycles. The van der Waals surface area contributed by atoms with Crippen LogP contribution in [-0.2, 0) is 0 Å². The summed E-state index contributed by atoms with van der Waals surface area (Å²) in [5.74, 6) is 0.207. The van der Waals surface area contributed by atoms with Crippen LogP contribution in [0.2, 0.25) is 0 Å². The van der Waals surface area contributed by atoms with Crippen molar-refractivity contribution in [2.45, 2.75) is 0 Å². The Morgan fingerprint density at radius 3 is 2.56 bits per heavy atom. The smallest absolute Gasteiger partial charge is 0.266 e. The zero-order valence-electron chi connectivity index (χ0n) is 12.9. The topological polar surface area (TPSA) is 52.2 Å². The number of hydrogen-bond donors (Lipinski definition) is 0. The summed E-state index contributed by atoms with van der Waals surface area (Å²) in [4.78, 5) is 21.7. The molecular formula is C19H11FN4O. The number of benzene rings is 2. The van der Waals surface area contributed by atoms with Crippen molar-refractivity contribution in [1.29, 1.82) is 0 Å². The van der Waals surface area contributed by atoms with Gasteiger partial charge in [-0.2, -0.15) is 0 Å². The minimum Gasteiger partial charge on any atom is -0.284 e. The molecule has 5 nitrogen and oxygen atoms in total. The number of nitrogens with zero attached hydrogens (tertiary/aromatic N) is 4.